The molecule has 0 N–H and O–H groups in total. The molecule has 0 saturated carbocycles. The molecular weight excluding hydrogens is 288 g/mol. The molecule has 1 fully saturated rings. The van der Waals surface area contributed by atoms with E-state index in [1.807, 2.05) is 53.4 Å². The van der Waals surface area contributed by atoms with Crippen molar-refractivity contribution in [1.82, 2.24) is 4.90 Å². The second-order valence-corrected chi connectivity index (χ2v) is 5.51. The second-order valence-electron chi connectivity index (χ2n) is 5.51. The van der Waals surface area contributed by atoms with Crippen LogP contribution in [-0.2, 0) is 0 Å². The van der Waals surface area contributed by atoms with Crippen molar-refractivity contribution in [2.24, 2.45) is 4.99 Å². The fraction of sp³-hybridized carbons (Fsp3) is 0.211. The molecule has 4 nitrogen and oxygen atoms in total. The van der Waals surface area contributed by atoms with Crippen LogP contribution in [0.4, 0.5) is 0 Å². The van der Waals surface area contributed by atoms with Crippen LogP contribution in [0.15, 0.2) is 65.7 Å². The second kappa shape index (κ2) is 7.01. The van der Waals surface area contributed by atoms with Crippen LogP contribution in [-0.4, -0.2) is 35.5 Å². The van der Waals surface area contributed by atoms with Gasteiger partial charge >= 0.3 is 0 Å². The van der Waals surface area contributed by atoms with E-state index in [-0.39, 0.29) is 18.2 Å². The van der Waals surface area contributed by atoms with Gasteiger partial charge in [0.1, 0.15) is 5.84 Å². The molecule has 1 heterocycles. The number of aliphatic imine (C=N–C) groups is 1. The number of hydrogen-bond donors (Lipinski definition) is 0. The van der Waals surface area contributed by atoms with E-state index < -0.39 is 0 Å². The smallest absolute Gasteiger partial charge is 0.278 e. The van der Waals surface area contributed by atoms with Crippen LogP contribution in [0.2, 0.25) is 0 Å². The van der Waals surface area contributed by atoms with Crippen molar-refractivity contribution in [3.8, 4) is 0 Å². The Bertz CT molecular complexity index is 724. The molecule has 0 aromatic heterocycles. The van der Waals surface area contributed by atoms with Gasteiger partial charge in [-0.25, -0.2) is 0 Å². The number of likely N-dealkylation sites (tertiary alicyclic amines) is 1. The van der Waals surface area contributed by atoms with E-state index in [0.717, 1.165) is 19.4 Å². The zero-order valence-electron chi connectivity index (χ0n) is 12.8. The summed E-state index contributed by atoms with van der Waals surface area (Å²) in [7, 11) is 0. The highest BCUT2D eigenvalue weighted by molar-refractivity contribution is 6.05. The van der Waals surface area contributed by atoms with Crippen molar-refractivity contribution in [1.29, 1.82) is 0 Å². The third-order valence-corrected chi connectivity index (χ3v) is 3.88. The summed E-state index contributed by atoms with van der Waals surface area (Å²) in [6.45, 7) is 1.03. The summed E-state index contributed by atoms with van der Waals surface area (Å²) in [5.41, 5.74) is 1.26. The maximum atomic E-state index is 12.3. The van der Waals surface area contributed by atoms with Crippen molar-refractivity contribution in [3.63, 3.8) is 0 Å². The number of carbonyl (C=O) groups excluding carboxylic acids is 2. The van der Waals surface area contributed by atoms with Gasteiger partial charge in [-0.3, -0.25) is 9.59 Å². The molecule has 0 unspecified atom stereocenters. The Kier molecular flexibility index (Phi) is 4.62. The van der Waals surface area contributed by atoms with Gasteiger partial charge < -0.3 is 4.90 Å². The number of benzene rings is 2. The SMILES string of the molecule is O=C(CN1CCCC1=NC(=O)c1ccccc1)c1ccccc1. The molecule has 0 aliphatic carbocycles. The highest BCUT2D eigenvalue weighted by Gasteiger charge is 2.22. The Labute approximate surface area is 135 Å². The van der Waals surface area contributed by atoms with Crippen LogP contribution < -0.4 is 0 Å². The summed E-state index contributed by atoms with van der Waals surface area (Å²) in [5.74, 6) is 0.509. The highest BCUT2D eigenvalue weighted by Crippen LogP contribution is 2.14. The summed E-state index contributed by atoms with van der Waals surface area (Å²) in [4.78, 5) is 30.7. The van der Waals surface area contributed by atoms with E-state index in [1.165, 1.54) is 0 Å². The van der Waals surface area contributed by atoms with Gasteiger partial charge in [0.15, 0.2) is 5.78 Å². The monoisotopic (exact) mass is 306 g/mol. The van der Waals surface area contributed by atoms with Gasteiger partial charge in [-0.05, 0) is 18.6 Å². The normalized spacial score (nSPS) is 15.8. The minimum Gasteiger partial charge on any atom is -0.352 e. The molecular formula is C19H18N2O2. The molecule has 1 aliphatic rings. The van der Waals surface area contributed by atoms with Crippen LogP contribution in [0.3, 0.4) is 0 Å². The highest BCUT2D eigenvalue weighted by atomic mass is 16.1. The molecule has 23 heavy (non-hydrogen) atoms. The van der Waals surface area contributed by atoms with Crippen LogP contribution in [0.25, 0.3) is 0 Å². The van der Waals surface area contributed by atoms with E-state index in [2.05, 4.69) is 4.99 Å². The van der Waals surface area contributed by atoms with Gasteiger partial charge in [0, 0.05) is 24.1 Å². The molecule has 4 heteroatoms. The number of Topliss-reactive ketones (excluding diaryl/α,β-unsaturated/α-hetero) is 1. The Hall–Kier alpha value is -2.75. The first-order chi connectivity index (χ1) is 11.2. The van der Waals surface area contributed by atoms with Crippen LogP contribution in [0.1, 0.15) is 33.6 Å². The molecule has 0 atom stereocenters. The van der Waals surface area contributed by atoms with E-state index >= 15 is 0 Å². The van der Waals surface area contributed by atoms with Crippen LogP contribution in [0, 0.1) is 0 Å². The summed E-state index contributed by atoms with van der Waals surface area (Å²) >= 11 is 0. The number of carbonyl (C=O) groups is 2. The minimum absolute atomic E-state index is 0.0485. The molecule has 3 rings (SSSR count). The first-order valence-electron chi connectivity index (χ1n) is 7.74. The summed E-state index contributed by atoms with van der Waals surface area (Å²) < 4.78 is 0. The Balaban J connectivity index is 1.72. The van der Waals surface area contributed by atoms with Crippen molar-refractivity contribution in [2.75, 3.05) is 13.1 Å². The number of ketones is 1. The Morgan fingerprint density at radius 2 is 1.52 bits per heavy atom. The lowest BCUT2D eigenvalue weighted by Crippen LogP contribution is -2.31. The third-order valence-electron chi connectivity index (χ3n) is 3.88. The fourth-order valence-corrected chi connectivity index (χ4v) is 2.66. The number of hydrogen-bond acceptors (Lipinski definition) is 2. The van der Waals surface area contributed by atoms with Gasteiger partial charge in [0.2, 0.25) is 0 Å². The molecule has 1 aliphatic heterocycles. The average Bonchev–Trinajstić information content (AvgIpc) is 3.03. The van der Waals surface area contributed by atoms with Gasteiger partial charge in [-0.15, -0.1) is 0 Å². The van der Waals surface area contributed by atoms with Gasteiger partial charge in [0.25, 0.3) is 5.91 Å². The number of nitrogens with zero attached hydrogens (tertiary/aromatic N) is 2. The average molecular weight is 306 g/mol. The Morgan fingerprint density at radius 1 is 0.913 bits per heavy atom. The predicted molar refractivity (Wildman–Crippen MR) is 89.8 cm³/mol. The summed E-state index contributed by atoms with van der Waals surface area (Å²) in [6.07, 6.45) is 1.66. The lowest BCUT2D eigenvalue weighted by atomic mass is 10.1. The molecule has 0 radical (unpaired) electrons. The topological polar surface area (TPSA) is 49.7 Å². The number of amides is 1. The molecule has 2 aromatic carbocycles. The van der Waals surface area contributed by atoms with Gasteiger partial charge in [0.05, 0.1) is 6.54 Å². The van der Waals surface area contributed by atoms with Crippen LogP contribution in [0.5, 0.6) is 0 Å². The lowest BCUT2D eigenvalue weighted by Gasteiger charge is -2.17. The molecule has 2 aromatic rings. The van der Waals surface area contributed by atoms with Crippen LogP contribution >= 0.6 is 0 Å². The van der Waals surface area contributed by atoms with Crippen molar-refractivity contribution >= 4 is 17.5 Å². The first-order valence-corrected chi connectivity index (χ1v) is 7.74. The van der Waals surface area contributed by atoms with Crippen molar-refractivity contribution < 1.29 is 9.59 Å². The minimum atomic E-state index is -0.250. The third kappa shape index (κ3) is 3.72. The van der Waals surface area contributed by atoms with E-state index in [0.29, 0.717) is 17.0 Å². The van der Waals surface area contributed by atoms with E-state index in [4.69, 9.17) is 0 Å². The Morgan fingerprint density at radius 3 is 2.17 bits per heavy atom. The maximum Gasteiger partial charge on any atom is 0.278 e. The zero-order valence-corrected chi connectivity index (χ0v) is 12.8. The zero-order chi connectivity index (χ0) is 16.1. The van der Waals surface area contributed by atoms with Gasteiger partial charge in [-0.1, -0.05) is 48.5 Å². The molecule has 1 saturated heterocycles. The molecule has 0 bridgehead atoms. The van der Waals surface area contributed by atoms with Crippen molar-refractivity contribution in [3.05, 3.63) is 71.8 Å². The number of amidine groups is 1. The quantitative estimate of drug-likeness (QED) is 0.815. The summed E-state index contributed by atoms with van der Waals surface area (Å²) in [6, 6.07) is 18.2. The molecule has 116 valence electrons. The van der Waals surface area contributed by atoms with Crippen molar-refractivity contribution in [2.45, 2.75) is 12.8 Å². The fourth-order valence-electron chi connectivity index (χ4n) is 2.66. The number of rotatable bonds is 4. The predicted octanol–water partition coefficient (Wildman–Crippen LogP) is 3.20. The molecule has 0 spiro atoms. The van der Waals surface area contributed by atoms with E-state index in [1.54, 1.807) is 12.1 Å². The van der Waals surface area contributed by atoms with Gasteiger partial charge in [-0.2, -0.15) is 4.99 Å². The molecule has 1 amide bonds. The standard InChI is InChI=1S/C19H18N2O2/c22-17(15-8-3-1-4-9-15)14-21-13-7-12-18(21)20-19(23)16-10-5-2-6-11-16/h1-6,8-11H,7,12-14H2. The van der Waals surface area contributed by atoms with E-state index in [9.17, 15) is 9.59 Å². The lowest BCUT2D eigenvalue weighted by molar-refractivity contribution is 0.0958. The first kappa shape index (κ1) is 15.2. The largest absolute Gasteiger partial charge is 0.352 e. The summed E-state index contributed by atoms with van der Waals surface area (Å²) in [5, 5.41) is 0. The maximum absolute atomic E-state index is 12.3.